The van der Waals surface area contributed by atoms with Gasteiger partial charge in [0, 0.05) is 23.3 Å². The summed E-state index contributed by atoms with van der Waals surface area (Å²) in [6.45, 7) is 7.83. The van der Waals surface area contributed by atoms with Crippen LogP contribution in [-0.2, 0) is 9.59 Å². The maximum Gasteiger partial charge on any atom is 0.260 e. The molecule has 33 heavy (non-hydrogen) atoms. The molecule has 7 nitrogen and oxygen atoms in total. The van der Waals surface area contributed by atoms with Crippen LogP contribution in [0.1, 0.15) is 54.6 Å². The zero-order valence-electron chi connectivity index (χ0n) is 19.8. The minimum Gasteiger partial charge on any atom is -0.484 e. The molecule has 0 aliphatic carbocycles. The highest BCUT2D eigenvalue weighted by Gasteiger charge is 2.29. The summed E-state index contributed by atoms with van der Waals surface area (Å²) in [5, 5.41) is 5.47. The Bertz CT molecular complexity index is 973. The third-order valence-corrected chi connectivity index (χ3v) is 6.12. The normalized spacial score (nSPS) is 17.9. The lowest BCUT2D eigenvalue weighted by Gasteiger charge is -2.38. The van der Waals surface area contributed by atoms with Crippen LogP contribution in [0.4, 0.5) is 5.69 Å². The summed E-state index contributed by atoms with van der Waals surface area (Å²) in [5.74, 6) is -0.151. The van der Waals surface area contributed by atoms with Crippen molar-refractivity contribution in [1.82, 2.24) is 10.2 Å². The van der Waals surface area contributed by atoms with E-state index in [1.807, 2.05) is 36.9 Å². The van der Waals surface area contributed by atoms with E-state index in [1.165, 1.54) is 0 Å². The number of aryl methyl sites for hydroxylation is 2. The molecule has 0 radical (unpaired) electrons. The Hall–Kier alpha value is -3.35. The molecule has 1 fully saturated rings. The first kappa shape index (κ1) is 24.3. The van der Waals surface area contributed by atoms with Crippen molar-refractivity contribution in [3.05, 3.63) is 59.2 Å². The highest BCUT2D eigenvalue weighted by molar-refractivity contribution is 5.99. The molecule has 2 N–H and O–H groups in total. The second-order valence-electron chi connectivity index (χ2n) is 8.74. The number of rotatable bonds is 7. The lowest BCUT2D eigenvalue weighted by atomic mass is 9.97. The summed E-state index contributed by atoms with van der Waals surface area (Å²) in [4.78, 5) is 39.1. The predicted octanol–water partition coefficient (Wildman–Crippen LogP) is 3.84. The molecule has 0 saturated carbocycles. The molecule has 2 aromatic rings. The van der Waals surface area contributed by atoms with Crippen LogP contribution in [0.3, 0.4) is 0 Å². The van der Waals surface area contributed by atoms with Gasteiger partial charge in [0.15, 0.2) is 6.61 Å². The molecule has 1 aliphatic heterocycles. The molecule has 176 valence electrons. The van der Waals surface area contributed by atoms with Crippen LogP contribution < -0.4 is 15.4 Å². The van der Waals surface area contributed by atoms with Gasteiger partial charge in [0.25, 0.3) is 11.8 Å². The van der Waals surface area contributed by atoms with Crippen molar-refractivity contribution in [2.45, 2.75) is 59.0 Å². The average molecular weight is 452 g/mol. The Morgan fingerprint density at radius 1 is 0.970 bits per heavy atom. The third kappa shape index (κ3) is 6.34. The van der Waals surface area contributed by atoms with Crippen molar-refractivity contribution in [1.29, 1.82) is 0 Å². The van der Waals surface area contributed by atoms with Gasteiger partial charge in [-0.2, -0.15) is 0 Å². The molecule has 2 unspecified atom stereocenters. The Balaban J connectivity index is 1.47. The van der Waals surface area contributed by atoms with E-state index in [1.54, 1.807) is 24.3 Å². The van der Waals surface area contributed by atoms with Crippen LogP contribution in [0.15, 0.2) is 42.5 Å². The van der Waals surface area contributed by atoms with Gasteiger partial charge in [0.2, 0.25) is 5.91 Å². The maximum atomic E-state index is 12.6. The number of benzene rings is 2. The summed E-state index contributed by atoms with van der Waals surface area (Å²) in [6.07, 6.45) is 3.18. The largest absolute Gasteiger partial charge is 0.484 e. The average Bonchev–Trinajstić information content (AvgIpc) is 2.79. The van der Waals surface area contributed by atoms with Gasteiger partial charge in [-0.1, -0.05) is 18.2 Å². The maximum absolute atomic E-state index is 12.6. The molecule has 0 spiro atoms. The minimum atomic E-state index is -0.356. The minimum absolute atomic E-state index is 0.0218. The predicted molar refractivity (Wildman–Crippen MR) is 128 cm³/mol. The summed E-state index contributed by atoms with van der Waals surface area (Å²) < 4.78 is 5.65. The fraction of sp³-hybridized carbons (Fsp3) is 0.423. The van der Waals surface area contributed by atoms with Crippen molar-refractivity contribution in [2.24, 2.45) is 0 Å². The van der Waals surface area contributed by atoms with Gasteiger partial charge in [0.1, 0.15) is 5.75 Å². The van der Waals surface area contributed by atoms with Gasteiger partial charge in [-0.05, 0) is 82.3 Å². The summed E-state index contributed by atoms with van der Waals surface area (Å²) in [5.41, 5.74) is 3.11. The molecule has 0 aromatic heterocycles. The molecule has 2 atom stereocenters. The number of para-hydroxylation sites is 1. The highest BCUT2D eigenvalue weighted by atomic mass is 16.5. The van der Waals surface area contributed by atoms with Gasteiger partial charge < -0.3 is 20.3 Å². The van der Waals surface area contributed by atoms with E-state index in [2.05, 4.69) is 24.5 Å². The molecule has 2 aromatic carbocycles. The van der Waals surface area contributed by atoms with E-state index in [4.69, 9.17) is 4.74 Å². The van der Waals surface area contributed by atoms with Gasteiger partial charge in [0.05, 0.1) is 6.54 Å². The van der Waals surface area contributed by atoms with Crippen molar-refractivity contribution in [3.8, 4) is 5.75 Å². The van der Waals surface area contributed by atoms with Crippen molar-refractivity contribution in [2.75, 3.05) is 18.5 Å². The number of amides is 3. The van der Waals surface area contributed by atoms with Gasteiger partial charge in [-0.15, -0.1) is 0 Å². The quantitative estimate of drug-likeness (QED) is 0.670. The fourth-order valence-electron chi connectivity index (χ4n) is 4.29. The monoisotopic (exact) mass is 451 g/mol. The second kappa shape index (κ2) is 11.0. The number of piperidine rings is 1. The van der Waals surface area contributed by atoms with Crippen LogP contribution in [-0.4, -0.2) is 47.9 Å². The van der Waals surface area contributed by atoms with E-state index in [0.29, 0.717) is 11.3 Å². The number of likely N-dealkylation sites (tertiary alicyclic amines) is 1. The zero-order valence-corrected chi connectivity index (χ0v) is 19.8. The molecular formula is C26H33N3O4. The molecule has 7 heteroatoms. The molecule has 1 aliphatic rings. The SMILES string of the molecule is Cc1cccc(C)c1NC(=O)CNC(=O)c1ccc(OCC(=O)N2C(C)CCCC2C)cc1. The Morgan fingerprint density at radius 3 is 2.18 bits per heavy atom. The Labute approximate surface area is 195 Å². The number of nitrogens with one attached hydrogen (secondary N) is 2. The fourth-order valence-corrected chi connectivity index (χ4v) is 4.29. The topological polar surface area (TPSA) is 87.7 Å². The van der Waals surface area contributed by atoms with E-state index >= 15 is 0 Å². The van der Waals surface area contributed by atoms with E-state index in [9.17, 15) is 14.4 Å². The lowest BCUT2D eigenvalue weighted by Crippen LogP contribution is -2.49. The second-order valence-corrected chi connectivity index (χ2v) is 8.74. The number of anilines is 1. The van der Waals surface area contributed by atoms with E-state index < -0.39 is 0 Å². The lowest BCUT2D eigenvalue weighted by molar-refractivity contribution is -0.139. The summed E-state index contributed by atoms with van der Waals surface area (Å²) >= 11 is 0. The van der Waals surface area contributed by atoms with Gasteiger partial charge >= 0.3 is 0 Å². The highest BCUT2D eigenvalue weighted by Crippen LogP contribution is 2.23. The first-order valence-corrected chi connectivity index (χ1v) is 11.4. The molecule has 3 rings (SSSR count). The number of carbonyl (C=O) groups excluding carboxylic acids is 3. The number of hydrogen-bond acceptors (Lipinski definition) is 4. The van der Waals surface area contributed by atoms with E-state index in [0.717, 1.165) is 36.1 Å². The smallest absolute Gasteiger partial charge is 0.260 e. The molecule has 0 bridgehead atoms. The molecular weight excluding hydrogens is 418 g/mol. The number of ether oxygens (including phenoxy) is 1. The van der Waals surface area contributed by atoms with Crippen molar-refractivity contribution < 1.29 is 19.1 Å². The van der Waals surface area contributed by atoms with Crippen LogP contribution in [0.2, 0.25) is 0 Å². The molecule has 3 amide bonds. The number of hydrogen-bond donors (Lipinski definition) is 2. The van der Waals surface area contributed by atoms with Crippen molar-refractivity contribution in [3.63, 3.8) is 0 Å². The van der Waals surface area contributed by atoms with Crippen LogP contribution in [0, 0.1) is 13.8 Å². The van der Waals surface area contributed by atoms with Crippen LogP contribution in [0.25, 0.3) is 0 Å². The molecule has 1 saturated heterocycles. The Kier molecular flexibility index (Phi) is 8.09. The van der Waals surface area contributed by atoms with Crippen molar-refractivity contribution >= 4 is 23.4 Å². The summed E-state index contributed by atoms with van der Waals surface area (Å²) in [7, 11) is 0. The Morgan fingerprint density at radius 2 is 1.58 bits per heavy atom. The number of nitrogens with zero attached hydrogens (tertiary/aromatic N) is 1. The molecule has 1 heterocycles. The zero-order chi connectivity index (χ0) is 24.0. The standard InChI is InChI=1S/C26H33N3O4/c1-17-7-5-8-18(2)25(17)28-23(30)15-27-26(32)21-11-13-22(14-12-21)33-16-24(31)29-19(3)9-6-10-20(29)4/h5,7-8,11-14,19-20H,6,9-10,15-16H2,1-4H3,(H,27,32)(H,28,30). The van der Waals surface area contributed by atoms with Gasteiger partial charge in [-0.3, -0.25) is 14.4 Å². The summed E-state index contributed by atoms with van der Waals surface area (Å²) in [6, 6.07) is 12.8. The first-order chi connectivity index (χ1) is 15.8. The van der Waals surface area contributed by atoms with Crippen LogP contribution in [0.5, 0.6) is 5.75 Å². The first-order valence-electron chi connectivity index (χ1n) is 11.4. The van der Waals surface area contributed by atoms with Gasteiger partial charge in [-0.25, -0.2) is 0 Å². The number of carbonyl (C=O) groups is 3. The third-order valence-electron chi connectivity index (χ3n) is 6.12. The van der Waals surface area contributed by atoms with Crippen LogP contribution >= 0.6 is 0 Å². The van der Waals surface area contributed by atoms with E-state index in [-0.39, 0.29) is 43.0 Å².